The fourth-order valence-corrected chi connectivity index (χ4v) is 2.51. The van der Waals surface area contributed by atoms with Gasteiger partial charge < -0.3 is 16.0 Å². The van der Waals surface area contributed by atoms with Crippen molar-refractivity contribution in [2.45, 2.75) is 32.9 Å². The van der Waals surface area contributed by atoms with Gasteiger partial charge in [0.2, 0.25) is 0 Å². The van der Waals surface area contributed by atoms with Crippen molar-refractivity contribution in [1.82, 2.24) is 9.80 Å². The first kappa shape index (κ1) is 15.8. The lowest BCUT2D eigenvalue weighted by Crippen LogP contribution is -2.55. The molecule has 5 nitrogen and oxygen atoms in total. The molecular weight excluding hydrogens is 264 g/mol. The number of hydrogen-bond donors (Lipinski definition) is 2. The number of hydrogen-bond acceptors (Lipinski definition) is 3. The van der Waals surface area contributed by atoms with Gasteiger partial charge in [-0.2, -0.15) is 0 Å². The van der Waals surface area contributed by atoms with Crippen LogP contribution in [0.3, 0.4) is 0 Å². The molecule has 0 unspecified atom stereocenters. The summed E-state index contributed by atoms with van der Waals surface area (Å²) in [5, 5.41) is 2.94. The zero-order valence-corrected chi connectivity index (χ0v) is 13.2. The van der Waals surface area contributed by atoms with Gasteiger partial charge in [-0.05, 0) is 38.5 Å². The molecule has 0 aliphatic carbocycles. The van der Waals surface area contributed by atoms with E-state index in [9.17, 15) is 4.79 Å². The minimum absolute atomic E-state index is 0.0240. The van der Waals surface area contributed by atoms with Crippen LogP contribution < -0.4 is 11.1 Å². The van der Waals surface area contributed by atoms with Crippen LogP contribution in [0.2, 0.25) is 0 Å². The fraction of sp³-hybridized carbons (Fsp3) is 0.562. The first-order chi connectivity index (χ1) is 9.90. The standard InChI is InChI=1S/C16H26N4O/c1-16(2,3)20-10-8-19(9-11-20)15(21)18-14-6-4-13(12-17)5-7-14/h4-7H,8-12,17H2,1-3H3,(H,18,21). The molecule has 0 radical (unpaired) electrons. The maximum Gasteiger partial charge on any atom is 0.321 e. The summed E-state index contributed by atoms with van der Waals surface area (Å²) >= 11 is 0. The van der Waals surface area contributed by atoms with E-state index >= 15 is 0 Å². The van der Waals surface area contributed by atoms with Crippen molar-refractivity contribution in [2.75, 3.05) is 31.5 Å². The number of amides is 2. The van der Waals surface area contributed by atoms with Crippen LogP contribution in [-0.2, 0) is 6.54 Å². The first-order valence-electron chi connectivity index (χ1n) is 7.50. The number of nitrogens with one attached hydrogen (secondary N) is 1. The average molecular weight is 290 g/mol. The van der Waals surface area contributed by atoms with Crippen molar-refractivity contribution < 1.29 is 4.79 Å². The number of benzene rings is 1. The Morgan fingerprint density at radius 2 is 1.71 bits per heavy atom. The highest BCUT2D eigenvalue weighted by atomic mass is 16.2. The Bertz CT molecular complexity index is 470. The maximum atomic E-state index is 12.2. The summed E-state index contributed by atoms with van der Waals surface area (Å²) in [4.78, 5) is 16.5. The van der Waals surface area contributed by atoms with Gasteiger partial charge in [0.25, 0.3) is 0 Å². The third-order valence-corrected chi connectivity index (χ3v) is 3.96. The molecule has 1 aliphatic rings. The van der Waals surface area contributed by atoms with Crippen molar-refractivity contribution in [3.8, 4) is 0 Å². The van der Waals surface area contributed by atoms with Gasteiger partial charge in [-0.25, -0.2) is 4.79 Å². The van der Waals surface area contributed by atoms with Crippen LogP contribution in [0.1, 0.15) is 26.3 Å². The lowest BCUT2D eigenvalue weighted by atomic mass is 10.1. The summed E-state index contributed by atoms with van der Waals surface area (Å²) in [5.41, 5.74) is 7.61. The number of anilines is 1. The van der Waals surface area contributed by atoms with Crippen LogP contribution >= 0.6 is 0 Å². The van der Waals surface area contributed by atoms with Gasteiger partial charge >= 0.3 is 6.03 Å². The highest BCUT2D eigenvalue weighted by Gasteiger charge is 2.27. The number of carbonyl (C=O) groups excluding carboxylic acids is 1. The molecule has 0 saturated carbocycles. The van der Waals surface area contributed by atoms with Crippen molar-refractivity contribution >= 4 is 11.7 Å². The average Bonchev–Trinajstić information content (AvgIpc) is 2.47. The van der Waals surface area contributed by atoms with Gasteiger partial charge in [0.1, 0.15) is 0 Å². The quantitative estimate of drug-likeness (QED) is 0.877. The second-order valence-electron chi connectivity index (χ2n) is 6.48. The van der Waals surface area contributed by atoms with E-state index < -0.39 is 0 Å². The monoisotopic (exact) mass is 290 g/mol. The van der Waals surface area contributed by atoms with Crippen molar-refractivity contribution in [3.05, 3.63) is 29.8 Å². The van der Waals surface area contributed by atoms with E-state index in [0.717, 1.165) is 37.4 Å². The van der Waals surface area contributed by atoms with Crippen molar-refractivity contribution in [3.63, 3.8) is 0 Å². The lowest BCUT2D eigenvalue weighted by Gasteiger charge is -2.42. The Hall–Kier alpha value is -1.59. The third-order valence-electron chi connectivity index (χ3n) is 3.96. The molecule has 1 aliphatic heterocycles. The molecule has 1 fully saturated rings. The Balaban J connectivity index is 1.87. The van der Waals surface area contributed by atoms with E-state index in [1.54, 1.807) is 0 Å². The zero-order chi connectivity index (χ0) is 15.5. The third kappa shape index (κ3) is 4.19. The van der Waals surface area contributed by atoms with Gasteiger partial charge in [0.15, 0.2) is 0 Å². The number of nitrogens with two attached hydrogens (primary N) is 1. The molecule has 1 heterocycles. The molecule has 0 aromatic heterocycles. The molecule has 1 aromatic carbocycles. The summed E-state index contributed by atoms with van der Waals surface area (Å²) in [6.07, 6.45) is 0. The summed E-state index contributed by atoms with van der Waals surface area (Å²) < 4.78 is 0. The van der Waals surface area contributed by atoms with E-state index in [4.69, 9.17) is 5.73 Å². The SMILES string of the molecule is CC(C)(C)N1CCN(C(=O)Nc2ccc(CN)cc2)CC1. The minimum Gasteiger partial charge on any atom is -0.326 e. The summed E-state index contributed by atoms with van der Waals surface area (Å²) in [5.74, 6) is 0. The van der Waals surface area contributed by atoms with Crippen LogP contribution in [0, 0.1) is 0 Å². The van der Waals surface area contributed by atoms with Crippen molar-refractivity contribution in [2.24, 2.45) is 5.73 Å². The second-order valence-corrected chi connectivity index (χ2v) is 6.48. The topological polar surface area (TPSA) is 61.6 Å². The maximum absolute atomic E-state index is 12.2. The normalized spacial score (nSPS) is 16.9. The van der Waals surface area contributed by atoms with E-state index in [-0.39, 0.29) is 11.6 Å². The second kappa shape index (κ2) is 6.45. The Morgan fingerprint density at radius 3 is 2.19 bits per heavy atom. The Morgan fingerprint density at radius 1 is 1.14 bits per heavy atom. The molecular formula is C16H26N4O. The Labute approximate surface area is 127 Å². The highest BCUT2D eigenvalue weighted by molar-refractivity contribution is 5.89. The molecule has 5 heteroatoms. The number of rotatable bonds is 2. The van der Waals surface area contributed by atoms with Gasteiger partial charge in [-0.15, -0.1) is 0 Å². The molecule has 116 valence electrons. The van der Waals surface area contributed by atoms with Crippen LogP contribution in [0.15, 0.2) is 24.3 Å². The van der Waals surface area contributed by atoms with Crippen LogP contribution in [-0.4, -0.2) is 47.5 Å². The minimum atomic E-state index is -0.0240. The lowest BCUT2D eigenvalue weighted by molar-refractivity contribution is 0.0774. The van der Waals surface area contributed by atoms with E-state index in [2.05, 4.69) is 31.0 Å². The number of carbonyl (C=O) groups is 1. The first-order valence-corrected chi connectivity index (χ1v) is 7.50. The van der Waals surface area contributed by atoms with E-state index in [1.165, 1.54) is 0 Å². The predicted molar refractivity (Wildman–Crippen MR) is 86.3 cm³/mol. The smallest absolute Gasteiger partial charge is 0.321 e. The molecule has 1 aromatic rings. The molecule has 1 saturated heterocycles. The van der Waals surface area contributed by atoms with Crippen LogP contribution in [0.25, 0.3) is 0 Å². The largest absolute Gasteiger partial charge is 0.326 e. The summed E-state index contributed by atoms with van der Waals surface area (Å²) in [6, 6.07) is 7.64. The fourth-order valence-electron chi connectivity index (χ4n) is 2.51. The van der Waals surface area contributed by atoms with Gasteiger partial charge in [-0.1, -0.05) is 12.1 Å². The molecule has 0 atom stereocenters. The highest BCUT2D eigenvalue weighted by Crippen LogP contribution is 2.16. The molecule has 2 amide bonds. The summed E-state index contributed by atoms with van der Waals surface area (Å²) in [6.45, 7) is 10.5. The van der Waals surface area contributed by atoms with Crippen LogP contribution in [0.5, 0.6) is 0 Å². The zero-order valence-electron chi connectivity index (χ0n) is 13.2. The van der Waals surface area contributed by atoms with Gasteiger partial charge in [0.05, 0.1) is 0 Å². The number of nitrogens with zero attached hydrogens (tertiary/aromatic N) is 2. The van der Waals surface area contributed by atoms with E-state index in [0.29, 0.717) is 6.54 Å². The number of piperazine rings is 1. The van der Waals surface area contributed by atoms with Crippen molar-refractivity contribution in [1.29, 1.82) is 0 Å². The summed E-state index contributed by atoms with van der Waals surface area (Å²) in [7, 11) is 0. The Kier molecular flexibility index (Phi) is 4.85. The van der Waals surface area contributed by atoms with Gasteiger partial charge in [-0.3, -0.25) is 4.90 Å². The molecule has 0 spiro atoms. The van der Waals surface area contributed by atoms with Crippen LogP contribution in [0.4, 0.5) is 10.5 Å². The molecule has 3 N–H and O–H groups in total. The molecule has 2 rings (SSSR count). The molecule has 21 heavy (non-hydrogen) atoms. The predicted octanol–water partition coefficient (Wildman–Crippen LogP) is 2.09. The molecule has 0 bridgehead atoms. The van der Waals surface area contributed by atoms with E-state index in [1.807, 2.05) is 29.2 Å². The number of urea groups is 1. The van der Waals surface area contributed by atoms with Gasteiger partial charge in [0, 0.05) is 44.0 Å².